The van der Waals surface area contributed by atoms with Crippen molar-refractivity contribution in [3.63, 3.8) is 0 Å². The van der Waals surface area contributed by atoms with Crippen LogP contribution in [0, 0.1) is 11.1 Å². The van der Waals surface area contributed by atoms with Crippen molar-refractivity contribution >= 4 is 34.7 Å². The highest BCUT2D eigenvalue weighted by atomic mass is 16.8. The molecule has 7 rings (SSSR count). The van der Waals surface area contributed by atoms with Gasteiger partial charge in [0.15, 0.2) is 5.78 Å². The molecule has 4 unspecified atom stereocenters. The third kappa shape index (κ3) is 2.55. The fourth-order valence-corrected chi connectivity index (χ4v) is 7.45. The van der Waals surface area contributed by atoms with Crippen LogP contribution < -0.4 is 15.9 Å². The van der Waals surface area contributed by atoms with Gasteiger partial charge in [-0.2, -0.15) is 0 Å². The fourth-order valence-electron chi connectivity index (χ4n) is 7.45. The number of fused-ring (bicyclic) bond motifs is 7. The lowest BCUT2D eigenvalue weighted by Gasteiger charge is -2.38. The standard InChI is InChI=1S/C28H23N4O5/c33-23(16-7-5-8-17(15-16)32(36)37)24-27(18-9-1-3-11-20(18)29-25(27)34)22-13-6-14-31(22)28(24)19-10-2-4-12-21(19)30-26(28)35/h1-5,7-12,15,22,24,36H,6,13-14H2,(H,29,34)(H,30,35)/q-1. The summed E-state index contributed by atoms with van der Waals surface area (Å²) >= 11 is 0. The predicted molar refractivity (Wildman–Crippen MR) is 135 cm³/mol. The first kappa shape index (κ1) is 22.2. The Balaban J connectivity index is 1.56. The highest BCUT2D eigenvalue weighted by molar-refractivity contribution is 6.18. The van der Waals surface area contributed by atoms with Crippen molar-refractivity contribution in [2.45, 2.75) is 29.8 Å². The molecule has 2 spiro atoms. The SMILES string of the molecule is O=C(c1cccc(N([O-])O)c1)C1C2(C(=O)Nc3ccccc32)C2CCCN2C12C(=O)Nc1ccccc12. The molecule has 37 heavy (non-hydrogen) atoms. The van der Waals surface area contributed by atoms with Crippen LogP contribution in [-0.4, -0.2) is 40.3 Å². The van der Waals surface area contributed by atoms with E-state index in [0.29, 0.717) is 35.5 Å². The van der Waals surface area contributed by atoms with Crippen LogP contribution in [0.4, 0.5) is 17.1 Å². The van der Waals surface area contributed by atoms with Gasteiger partial charge in [-0.3, -0.25) is 24.5 Å². The molecule has 0 radical (unpaired) electrons. The van der Waals surface area contributed by atoms with Crippen molar-refractivity contribution in [1.82, 2.24) is 4.90 Å². The molecule has 0 saturated carbocycles. The molecular weight excluding hydrogens is 472 g/mol. The molecule has 3 aromatic carbocycles. The van der Waals surface area contributed by atoms with Gasteiger partial charge in [0.1, 0.15) is 11.0 Å². The number of Topliss-reactive ketones (excluding diaryl/α,β-unsaturated/α-hetero) is 1. The van der Waals surface area contributed by atoms with Crippen LogP contribution in [0.3, 0.4) is 0 Å². The van der Waals surface area contributed by atoms with Crippen LogP contribution in [-0.2, 0) is 20.5 Å². The van der Waals surface area contributed by atoms with Gasteiger partial charge >= 0.3 is 0 Å². The zero-order valence-electron chi connectivity index (χ0n) is 19.7. The Kier molecular flexibility index (Phi) is 4.48. The molecule has 4 aliphatic heterocycles. The van der Waals surface area contributed by atoms with E-state index in [0.717, 1.165) is 6.42 Å². The normalized spacial score (nSPS) is 29.2. The summed E-state index contributed by atoms with van der Waals surface area (Å²) in [6.07, 6.45) is 1.43. The van der Waals surface area contributed by atoms with Crippen molar-refractivity contribution in [2.75, 3.05) is 22.4 Å². The van der Waals surface area contributed by atoms with Crippen LogP contribution in [0.2, 0.25) is 0 Å². The third-order valence-electron chi connectivity index (χ3n) is 8.65. The molecule has 3 aromatic rings. The average molecular weight is 496 g/mol. The second-order valence-corrected chi connectivity index (χ2v) is 10.1. The van der Waals surface area contributed by atoms with Crippen molar-refractivity contribution in [3.8, 4) is 0 Å². The molecule has 4 aliphatic rings. The van der Waals surface area contributed by atoms with E-state index in [1.807, 2.05) is 48.5 Å². The smallest absolute Gasteiger partial charge is 0.250 e. The summed E-state index contributed by atoms with van der Waals surface area (Å²) < 4.78 is 0. The summed E-state index contributed by atoms with van der Waals surface area (Å²) in [5.41, 5.74) is -0.0884. The zero-order chi connectivity index (χ0) is 25.5. The van der Waals surface area contributed by atoms with E-state index >= 15 is 0 Å². The maximum absolute atomic E-state index is 14.7. The van der Waals surface area contributed by atoms with Crippen LogP contribution in [0.5, 0.6) is 0 Å². The van der Waals surface area contributed by atoms with E-state index in [2.05, 4.69) is 15.5 Å². The van der Waals surface area contributed by atoms with Crippen molar-refractivity contribution in [3.05, 3.63) is 94.7 Å². The molecule has 3 N–H and O–H groups in total. The van der Waals surface area contributed by atoms with Crippen LogP contribution in [0.1, 0.15) is 34.3 Å². The van der Waals surface area contributed by atoms with Crippen LogP contribution in [0.25, 0.3) is 0 Å². The first-order chi connectivity index (χ1) is 17.9. The topological polar surface area (TPSA) is 125 Å². The van der Waals surface area contributed by atoms with Gasteiger partial charge in [-0.15, -0.1) is 0 Å². The maximum Gasteiger partial charge on any atom is 0.250 e. The maximum atomic E-state index is 14.7. The summed E-state index contributed by atoms with van der Waals surface area (Å²) in [4.78, 5) is 45.1. The lowest BCUT2D eigenvalue weighted by molar-refractivity contribution is -0.128. The fraction of sp³-hybridized carbons (Fsp3) is 0.250. The molecular formula is C28H23N4O5-. The number of nitrogens with one attached hydrogen (secondary N) is 2. The lowest BCUT2D eigenvalue weighted by atomic mass is 9.60. The monoisotopic (exact) mass is 495 g/mol. The molecule has 2 amide bonds. The first-order valence-electron chi connectivity index (χ1n) is 12.3. The Morgan fingerprint density at radius 2 is 1.62 bits per heavy atom. The third-order valence-corrected chi connectivity index (χ3v) is 8.65. The lowest BCUT2D eigenvalue weighted by Crippen LogP contribution is -2.55. The van der Waals surface area contributed by atoms with Gasteiger partial charge in [-0.25, -0.2) is 0 Å². The highest BCUT2D eigenvalue weighted by Crippen LogP contribution is 2.66. The molecule has 2 saturated heterocycles. The second kappa shape index (κ2) is 7.48. The number of amides is 2. The number of hydrogen-bond donors (Lipinski definition) is 3. The van der Waals surface area contributed by atoms with Gasteiger partial charge in [-0.1, -0.05) is 48.5 Å². The molecule has 9 nitrogen and oxygen atoms in total. The van der Waals surface area contributed by atoms with E-state index < -0.39 is 22.7 Å². The minimum Gasteiger partial charge on any atom is -0.733 e. The second-order valence-electron chi connectivity index (χ2n) is 10.1. The van der Waals surface area contributed by atoms with Crippen molar-refractivity contribution < 1.29 is 19.6 Å². The molecule has 4 heterocycles. The minimum atomic E-state index is -1.42. The quantitative estimate of drug-likeness (QED) is 0.376. The van der Waals surface area contributed by atoms with Gasteiger partial charge in [-0.05, 0) is 49.2 Å². The number of carbonyl (C=O) groups is 3. The Morgan fingerprint density at radius 3 is 2.38 bits per heavy atom. The molecule has 2 fully saturated rings. The summed E-state index contributed by atoms with van der Waals surface area (Å²) in [6, 6.07) is 20.0. The van der Waals surface area contributed by atoms with Gasteiger partial charge in [0, 0.05) is 28.5 Å². The summed E-state index contributed by atoms with van der Waals surface area (Å²) in [5.74, 6) is -2.19. The number of rotatable bonds is 3. The van der Waals surface area contributed by atoms with E-state index in [1.165, 1.54) is 18.2 Å². The summed E-state index contributed by atoms with van der Waals surface area (Å²) in [6.45, 7) is 0.554. The molecule has 9 heteroatoms. The number of benzene rings is 3. The molecule has 0 aromatic heterocycles. The summed E-state index contributed by atoms with van der Waals surface area (Å²) in [7, 11) is 0. The first-order valence-corrected chi connectivity index (χ1v) is 12.3. The van der Waals surface area contributed by atoms with Crippen molar-refractivity contribution in [2.24, 2.45) is 5.92 Å². The van der Waals surface area contributed by atoms with Crippen molar-refractivity contribution in [1.29, 1.82) is 0 Å². The van der Waals surface area contributed by atoms with E-state index in [9.17, 15) is 24.8 Å². The molecule has 4 atom stereocenters. The van der Waals surface area contributed by atoms with Gasteiger partial charge in [0.2, 0.25) is 11.8 Å². The number of anilines is 3. The summed E-state index contributed by atoms with van der Waals surface area (Å²) in [5, 5.41) is 26.9. The molecule has 0 aliphatic carbocycles. The molecule has 186 valence electrons. The highest BCUT2D eigenvalue weighted by Gasteiger charge is 2.78. The van der Waals surface area contributed by atoms with E-state index in [4.69, 9.17) is 0 Å². The predicted octanol–water partition coefficient (Wildman–Crippen LogP) is 3.39. The minimum absolute atomic E-state index is 0.111. The van der Waals surface area contributed by atoms with Crippen LogP contribution >= 0.6 is 0 Å². The largest absolute Gasteiger partial charge is 0.733 e. The number of para-hydroxylation sites is 2. The zero-order valence-corrected chi connectivity index (χ0v) is 19.7. The van der Waals surface area contributed by atoms with Gasteiger partial charge in [0.05, 0.1) is 11.6 Å². The average Bonchev–Trinajstić information content (AvgIpc) is 3.62. The Hall–Kier alpha value is -4.05. The Morgan fingerprint density at radius 1 is 0.946 bits per heavy atom. The van der Waals surface area contributed by atoms with E-state index in [1.54, 1.807) is 6.07 Å². The van der Waals surface area contributed by atoms with Gasteiger partial charge in [0.25, 0.3) is 0 Å². The Bertz CT molecular complexity index is 1430. The number of carbonyl (C=O) groups excluding carboxylic acids is 3. The van der Waals surface area contributed by atoms with Crippen LogP contribution in [0.15, 0.2) is 72.8 Å². The van der Waals surface area contributed by atoms with E-state index in [-0.39, 0.29) is 34.3 Å². The number of hydrogen-bond acceptors (Lipinski definition) is 7. The van der Waals surface area contributed by atoms with Gasteiger partial charge < -0.3 is 21.1 Å². The number of ketones is 1. The molecule has 0 bridgehead atoms. The number of nitrogens with zero attached hydrogens (tertiary/aromatic N) is 2. The Labute approximate surface area is 212 Å².